The third kappa shape index (κ3) is 1.87. The van der Waals surface area contributed by atoms with Gasteiger partial charge in [-0.2, -0.15) is 0 Å². The first-order valence-corrected chi connectivity index (χ1v) is 6.02. The number of aliphatic hydroxyl groups excluding tert-OH is 1. The Morgan fingerprint density at radius 1 is 1.43 bits per heavy atom. The summed E-state index contributed by atoms with van der Waals surface area (Å²) in [6.07, 6.45) is 1.24. The van der Waals surface area contributed by atoms with Gasteiger partial charge in [-0.15, -0.1) is 22.7 Å². The lowest BCUT2D eigenvalue weighted by Crippen LogP contribution is -1.94. The maximum Gasteiger partial charge on any atom is 0.116 e. The Labute approximate surface area is 90.9 Å². The van der Waals surface area contributed by atoms with Gasteiger partial charge in [0.15, 0.2) is 0 Å². The third-order valence-corrected chi connectivity index (χ3v) is 3.82. The van der Waals surface area contributed by atoms with Gasteiger partial charge in [0.2, 0.25) is 0 Å². The van der Waals surface area contributed by atoms with Gasteiger partial charge in [0, 0.05) is 11.1 Å². The van der Waals surface area contributed by atoms with Crippen LogP contribution in [-0.4, -0.2) is 10.1 Å². The van der Waals surface area contributed by atoms with Gasteiger partial charge in [-0.25, -0.2) is 4.98 Å². The van der Waals surface area contributed by atoms with Crippen molar-refractivity contribution in [3.63, 3.8) is 0 Å². The number of aromatic nitrogens is 1. The fourth-order valence-electron chi connectivity index (χ4n) is 1.28. The second kappa shape index (κ2) is 3.81. The molecule has 0 radical (unpaired) electrons. The predicted octanol–water partition coefficient (Wildman–Crippen LogP) is 2.90. The highest BCUT2D eigenvalue weighted by Crippen LogP contribution is 2.29. The monoisotopic (exact) mass is 225 g/mol. The standard InChI is InChI=1S/C10H11NOS2/c1-6-3-8(5-13-6)10(12)9-4-11-7(2)14-9/h3-5,10,12H,1-2H3. The van der Waals surface area contributed by atoms with Gasteiger partial charge in [0.1, 0.15) is 6.10 Å². The van der Waals surface area contributed by atoms with Crippen LogP contribution < -0.4 is 0 Å². The Morgan fingerprint density at radius 2 is 2.21 bits per heavy atom. The molecule has 1 N–H and O–H groups in total. The molecule has 0 saturated carbocycles. The van der Waals surface area contributed by atoms with E-state index in [0.29, 0.717) is 0 Å². The molecule has 1 atom stereocenters. The molecule has 0 fully saturated rings. The highest BCUT2D eigenvalue weighted by atomic mass is 32.1. The number of hydrogen-bond donors (Lipinski definition) is 1. The first kappa shape index (κ1) is 9.83. The van der Waals surface area contributed by atoms with Gasteiger partial charge < -0.3 is 5.11 Å². The highest BCUT2D eigenvalue weighted by Gasteiger charge is 2.13. The van der Waals surface area contributed by atoms with Crippen LogP contribution in [0.1, 0.15) is 26.4 Å². The van der Waals surface area contributed by atoms with Crippen molar-refractivity contribution < 1.29 is 5.11 Å². The molecule has 2 heterocycles. The van der Waals surface area contributed by atoms with Crippen molar-refractivity contribution in [3.8, 4) is 0 Å². The van der Waals surface area contributed by atoms with E-state index in [0.717, 1.165) is 15.4 Å². The summed E-state index contributed by atoms with van der Waals surface area (Å²) in [5.41, 5.74) is 0.969. The molecule has 2 aromatic heterocycles. The van der Waals surface area contributed by atoms with Crippen molar-refractivity contribution >= 4 is 22.7 Å². The molecule has 0 aromatic carbocycles. The number of nitrogens with zero attached hydrogens (tertiary/aromatic N) is 1. The molecule has 1 unspecified atom stereocenters. The lowest BCUT2D eigenvalue weighted by Gasteiger charge is -2.03. The molecule has 0 aliphatic carbocycles. The molecule has 2 nitrogen and oxygen atoms in total. The lowest BCUT2D eigenvalue weighted by molar-refractivity contribution is 0.224. The van der Waals surface area contributed by atoms with Crippen LogP contribution in [-0.2, 0) is 0 Å². The molecule has 2 rings (SSSR count). The summed E-state index contributed by atoms with van der Waals surface area (Å²) < 4.78 is 0. The third-order valence-electron chi connectivity index (χ3n) is 1.98. The van der Waals surface area contributed by atoms with Crippen LogP contribution >= 0.6 is 22.7 Å². The molecule has 0 bridgehead atoms. The van der Waals surface area contributed by atoms with Crippen molar-refractivity contribution in [3.05, 3.63) is 38.0 Å². The number of thiazole rings is 1. The van der Waals surface area contributed by atoms with Crippen LogP contribution in [0.5, 0.6) is 0 Å². The molecule has 74 valence electrons. The summed E-state index contributed by atoms with van der Waals surface area (Å²) in [6, 6.07) is 2.02. The molecule has 14 heavy (non-hydrogen) atoms. The molecular formula is C10H11NOS2. The van der Waals surface area contributed by atoms with Crippen LogP contribution in [0.15, 0.2) is 17.6 Å². The van der Waals surface area contributed by atoms with Gasteiger partial charge in [0.05, 0.1) is 9.88 Å². The highest BCUT2D eigenvalue weighted by molar-refractivity contribution is 7.11. The maximum absolute atomic E-state index is 10.00. The molecule has 2 aromatic rings. The number of hydrogen-bond acceptors (Lipinski definition) is 4. The number of rotatable bonds is 2. The van der Waals surface area contributed by atoms with Gasteiger partial charge in [0.25, 0.3) is 0 Å². The van der Waals surface area contributed by atoms with Crippen molar-refractivity contribution in [1.29, 1.82) is 0 Å². The predicted molar refractivity (Wildman–Crippen MR) is 60.0 cm³/mol. The first-order chi connectivity index (χ1) is 6.66. The Balaban J connectivity index is 2.28. The second-order valence-corrected chi connectivity index (χ2v) is 5.56. The second-order valence-electron chi connectivity index (χ2n) is 3.17. The Morgan fingerprint density at radius 3 is 2.71 bits per heavy atom. The quantitative estimate of drug-likeness (QED) is 0.852. The van der Waals surface area contributed by atoms with E-state index < -0.39 is 6.10 Å². The SMILES string of the molecule is Cc1cc(C(O)c2cnc(C)s2)cs1. The Kier molecular flexibility index (Phi) is 2.67. The largest absolute Gasteiger partial charge is 0.383 e. The summed E-state index contributed by atoms with van der Waals surface area (Å²) in [5.74, 6) is 0. The van der Waals surface area contributed by atoms with Crippen LogP contribution in [0.4, 0.5) is 0 Å². The van der Waals surface area contributed by atoms with Crippen molar-refractivity contribution in [1.82, 2.24) is 4.98 Å². The van der Waals surface area contributed by atoms with E-state index in [2.05, 4.69) is 4.98 Å². The minimum Gasteiger partial charge on any atom is -0.383 e. The molecule has 0 spiro atoms. The molecule has 4 heteroatoms. The van der Waals surface area contributed by atoms with Gasteiger partial charge in [-0.05, 0) is 30.9 Å². The van der Waals surface area contributed by atoms with Crippen LogP contribution in [0.3, 0.4) is 0 Å². The zero-order chi connectivity index (χ0) is 10.1. The molecule has 0 aliphatic heterocycles. The zero-order valence-corrected chi connectivity index (χ0v) is 9.65. The van der Waals surface area contributed by atoms with E-state index in [9.17, 15) is 5.11 Å². The summed E-state index contributed by atoms with van der Waals surface area (Å²) in [7, 11) is 0. The summed E-state index contributed by atoms with van der Waals surface area (Å²) in [5, 5.41) is 13.0. The van der Waals surface area contributed by atoms with Gasteiger partial charge >= 0.3 is 0 Å². The number of aryl methyl sites for hydroxylation is 2. The average molecular weight is 225 g/mol. The van der Waals surface area contributed by atoms with E-state index in [1.54, 1.807) is 28.9 Å². The van der Waals surface area contributed by atoms with Crippen molar-refractivity contribution in [2.45, 2.75) is 20.0 Å². The zero-order valence-electron chi connectivity index (χ0n) is 8.02. The van der Waals surface area contributed by atoms with E-state index in [1.807, 2.05) is 25.3 Å². The van der Waals surface area contributed by atoms with Crippen LogP contribution in [0.25, 0.3) is 0 Å². The average Bonchev–Trinajstić information content (AvgIpc) is 2.73. The molecule has 0 aliphatic rings. The maximum atomic E-state index is 10.00. The lowest BCUT2D eigenvalue weighted by atomic mass is 10.2. The minimum absolute atomic E-state index is 0.508. The molecule has 0 amide bonds. The van der Waals surface area contributed by atoms with Crippen LogP contribution in [0.2, 0.25) is 0 Å². The van der Waals surface area contributed by atoms with Crippen LogP contribution in [0, 0.1) is 13.8 Å². The van der Waals surface area contributed by atoms with Crippen molar-refractivity contribution in [2.75, 3.05) is 0 Å². The van der Waals surface area contributed by atoms with E-state index in [4.69, 9.17) is 0 Å². The van der Waals surface area contributed by atoms with Gasteiger partial charge in [-0.3, -0.25) is 0 Å². The smallest absolute Gasteiger partial charge is 0.116 e. The van der Waals surface area contributed by atoms with E-state index in [1.165, 1.54) is 4.88 Å². The normalized spacial score (nSPS) is 13.1. The Hall–Kier alpha value is -0.710. The summed E-state index contributed by atoms with van der Waals surface area (Å²) in [4.78, 5) is 6.27. The number of aliphatic hydroxyl groups is 1. The fourth-order valence-corrected chi connectivity index (χ4v) is 2.80. The van der Waals surface area contributed by atoms with Crippen molar-refractivity contribution in [2.24, 2.45) is 0 Å². The first-order valence-electron chi connectivity index (χ1n) is 4.32. The van der Waals surface area contributed by atoms with E-state index in [-0.39, 0.29) is 0 Å². The topological polar surface area (TPSA) is 33.1 Å². The minimum atomic E-state index is -0.508. The molecular weight excluding hydrogens is 214 g/mol. The Bertz CT molecular complexity index is 393. The van der Waals surface area contributed by atoms with Gasteiger partial charge in [-0.1, -0.05) is 0 Å². The summed E-state index contributed by atoms with van der Waals surface area (Å²) >= 11 is 3.20. The fraction of sp³-hybridized carbons (Fsp3) is 0.300. The number of thiophene rings is 1. The molecule has 0 saturated heterocycles. The van der Waals surface area contributed by atoms with E-state index >= 15 is 0 Å². The summed E-state index contributed by atoms with van der Waals surface area (Å²) in [6.45, 7) is 3.98.